The third-order valence-electron chi connectivity index (χ3n) is 5.30. The highest BCUT2D eigenvalue weighted by atomic mass is 16.4. The molecule has 0 fully saturated rings. The molecule has 3 nitrogen and oxygen atoms in total. The van der Waals surface area contributed by atoms with Gasteiger partial charge >= 0.3 is 5.97 Å². The Kier molecular flexibility index (Phi) is 7.86. The molecule has 2 aromatic carbocycles. The fourth-order valence-corrected chi connectivity index (χ4v) is 3.31. The standard InChI is InChI=1S/C23H31NO2/c1-4-18(2)15-16-22(23(25)26)24(17-20-11-7-5-8-12-20)19(3)21-13-9-6-10-14-21/h5-14,18-19,22H,4,15-17H2,1-3H3,(H,25,26). The second-order valence-corrected chi connectivity index (χ2v) is 7.19. The fraction of sp³-hybridized carbons (Fsp3) is 0.435. The van der Waals surface area contributed by atoms with Crippen molar-refractivity contribution in [1.82, 2.24) is 4.90 Å². The maximum absolute atomic E-state index is 12.1. The van der Waals surface area contributed by atoms with E-state index in [1.54, 1.807) is 0 Å². The predicted octanol–water partition coefficient (Wildman–Crippen LogP) is 5.53. The van der Waals surface area contributed by atoms with Crippen LogP contribution < -0.4 is 0 Å². The number of nitrogens with zero attached hydrogens (tertiary/aromatic N) is 1. The van der Waals surface area contributed by atoms with Crippen LogP contribution in [-0.4, -0.2) is 22.0 Å². The number of benzene rings is 2. The van der Waals surface area contributed by atoms with Crippen molar-refractivity contribution in [1.29, 1.82) is 0 Å². The summed E-state index contributed by atoms with van der Waals surface area (Å²) in [7, 11) is 0. The Balaban J connectivity index is 2.28. The quantitative estimate of drug-likeness (QED) is 0.610. The number of carboxylic acid groups (broad SMARTS) is 1. The number of hydrogen-bond donors (Lipinski definition) is 1. The second kappa shape index (κ2) is 10.1. The number of aliphatic carboxylic acids is 1. The van der Waals surface area contributed by atoms with Gasteiger partial charge < -0.3 is 5.11 Å². The zero-order chi connectivity index (χ0) is 18.9. The maximum atomic E-state index is 12.1. The van der Waals surface area contributed by atoms with E-state index in [1.807, 2.05) is 36.4 Å². The fourth-order valence-electron chi connectivity index (χ4n) is 3.31. The van der Waals surface area contributed by atoms with Crippen LogP contribution in [0, 0.1) is 5.92 Å². The molecule has 0 aliphatic heterocycles. The molecule has 0 radical (unpaired) electrons. The molecule has 140 valence electrons. The van der Waals surface area contributed by atoms with Gasteiger partial charge in [-0.25, -0.2) is 0 Å². The van der Waals surface area contributed by atoms with Crippen LogP contribution in [-0.2, 0) is 11.3 Å². The Morgan fingerprint density at radius 2 is 1.54 bits per heavy atom. The first-order valence-electron chi connectivity index (χ1n) is 9.60. The van der Waals surface area contributed by atoms with Gasteiger partial charge in [0.15, 0.2) is 0 Å². The predicted molar refractivity (Wildman–Crippen MR) is 107 cm³/mol. The number of rotatable bonds is 10. The molecule has 0 amide bonds. The molecule has 1 N–H and O–H groups in total. The molecule has 0 saturated carbocycles. The lowest BCUT2D eigenvalue weighted by Crippen LogP contribution is -2.42. The van der Waals surface area contributed by atoms with Crippen LogP contribution in [0.25, 0.3) is 0 Å². The molecule has 3 atom stereocenters. The average molecular weight is 354 g/mol. The minimum atomic E-state index is -0.730. The van der Waals surface area contributed by atoms with Crippen molar-refractivity contribution in [3.05, 3.63) is 71.8 Å². The lowest BCUT2D eigenvalue weighted by Gasteiger charge is -2.35. The van der Waals surface area contributed by atoms with Gasteiger partial charge in [0.1, 0.15) is 6.04 Å². The zero-order valence-electron chi connectivity index (χ0n) is 16.1. The van der Waals surface area contributed by atoms with Crippen LogP contribution in [0.3, 0.4) is 0 Å². The Bertz CT molecular complexity index is 656. The molecule has 0 heterocycles. The molecule has 26 heavy (non-hydrogen) atoms. The maximum Gasteiger partial charge on any atom is 0.320 e. The van der Waals surface area contributed by atoms with Gasteiger partial charge in [0.05, 0.1) is 0 Å². The highest BCUT2D eigenvalue weighted by Crippen LogP contribution is 2.28. The third-order valence-corrected chi connectivity index (χ3v) is 5.30. The Hall–Kier alpha value is -2.13. The van der Waals surface area contributed by atoms with E-state index < -0.39 is 12.0 Å². The number of hydrogen-bond acceptors (Lipinski definition) is 2. The van der Waals surface area contributed by atoms with Crippen LogP contribution >= 0.6 is 0 Å². The van der Waals surface area contributed by atoms with Gasteiger partial charge in [-0.05, 0) is 36.8 Å². The van der Waals surface area contributed by atoms with E-state index >= 15 is 0 Å². The molecule has 2 aromatic rings. The summed E-state index contributed by atoms with van der Waals surface area (Å²) in [5.74, 6) is -0.186. The minimum Gasteiger partial charge on any atom is -0.480 e. The molecular formula is C23H31NO2. The molecule has 3 heteroatoms. The molecule has 2 rings (SSSR count). The summed E-state index contributed by atoms with van der Waals surface area (Å²) in [6.07, 6.45) is 2.69. The summed E-state index contributed by atoms with van der Waals surface area (Å²) < 4.78 is 0. The van der Waals surface area contributed by atoms with Gasteiger partial charge in [-0.3, -0.25) is 9.69 Å². The highest BCUT2D eigenvalue weighted by molar-refractivity contribution is 5.73. The largest absolute Gasteiger partial charge is 0.480 e. The van der Waals surface area contributed by atoms with E-state index in [0.717, 1.165) is 24.0 Å². The van der Waals surface area contributed by atoms with Crippen LogP contribution in [0.4, 0.5) is 0 Å². The molecule has 0 aliphatic carbocycles. The van der Waals surface area contributed by atoms with Crippen molar-refractivity contribution >= 4 is 5.97 Å². The van der Waals surface area contributed by atoms with Crippen LogP contribution in [0.5, 0.6) is 0 Å². The SMILES string of the molecule is CCC(C)CCC(C(=O)O)N(Cc1ccccc1)C(C)c1ccccc1. The van der Waals surface area contributed by atoms with E-state index in [4.69, 9.17) is 0 Å². The van der Waals surface area contributed by atoms with Crippen LogP contribution in [0.2, 0.25) is 0 Å². The summed E-state index contributed by atoms with van der Waals surface area (Å²) in [4.78, 5) is 14.3. The highest BCUT2D eigenvalue weighted by Gasteiger charge is 2.30. The van der Waals surface area contributed by atoms with E-state index in [0.29, 0.717) is 18.9 Å². The lowest BCUT2D eigenvalue weighted by molar-refractivity contribution is -0.145. The van der Waals surface area contributed by atoms with Gasteiger partial charge in [-0.15, -0.1) is 0 Å². The van der Waals surface area contributed by atoms with Crippen molar-refractivity contribution in [2.75, 3.05) is 0 Å². The number of carbonyl (C=O) groups is 1. The van der Waals surface area contributed by atoms with Gasteiger partial charge in [0, 0.05) is 12.6 Å². The zero-order valence-corrected chi connectivity index (χ0v) is 16.1. The summed E-state index contributed by atoms with van der Waals surface area (Å²) in [6.45, 7) is 7.10. The molecule has 0 aliphatic rings. The first kappa shape index (κ1) is 20.2. The number of carboxylic acids is 1. The third kappa shape index (κ3) is 5.70. The van der Waals surface area contributed by atoms with Gasteiger partial charge in [-0.2, -0.15) is 0 Å². The minimum absolute atomic E-state index is 0.0365. The summed E-state index contributed by atoms with van der Waals surface area (Å²) in [5, 5.41) is 9.96. The van der Waals surface area contributed by atoms with Crippen LogP contribution in [0.1, 0.15) is 57.2 Å². The molecular weight excluding hydrogens is 322 g/mol. The Morgan fingerprint density at radius 1 is 0.962 bits per heavy atom. The Morgan fingerprint density at radius 3 is 2.08 bits per heavy atom. The summed E-state index contributed by atoms with van der Waals surface area (Å²) in [5.41, 5.74) is 2.29. The first-order chi connectivity index (χ1) is 12.5. The van der Waals surface area contributed by atoms with Crippen molar-refractivity contribution in [2.24, 2.45) is 5.92 Å². The average Bonchev–Trinajstić information content (AvgIpc) is 2.67. The molecule has 0 saturated heterocycles. The van der Waals surface area contributed by atoms with Crippen molar-refractivity contribution in [3.8, 4) is 0 Å². The molecule has 0 aromatic heterocycles. The first-order valence-corrected chi connectivity index (χ1v) is 9.60. The van der Waals surface area contributed by atoms with E-state index in [-0.39, 0.29) is 6.04 Å². The summed E-state index contributed by atoms with van der Waals surface area (Å²) in [6, 6.07) is 19.9. The van der Waals surface area contributed by atoms with Crippen LogP contribution in [0.15, 0.2) is 60.7 Å². The molecule has 0 bridgehead atoms. The lowest BCUT2D eigenvalue weighted by atomic mass is 9.96. The molecule has 3 unspecified atom stereocenters. The van der Waals surface area contributed by atoms with Crippen molar-refractivity contribution in [2.45, 2.75) is 58.7 Å². The van der Waals surface area contributed by atoms with Gasteiger partial charge in [-0.1, -0.05) is 80.9 Å². The normalized spacial score (nSPS) is 14.8. The second-order valence-electron chi connectivity index (χ2n) is 7.19. The van der Waals surface area contributed by atoms with Gasteiger partial charge in [0.25, 0.3) is 0 Å². The van der Waals surface area contributed by atoms with Crippen molar-refractivity contribution in [3.63, 3.8) is 0 Å². The molecule has 0 spiro atoms. The van der Waals surface area contributed by atoms with E-state index in [1.165, 1.54) is 0 Å². The monoisotopic (exact) mass is 353 g/mol. The van der Waals surface area contributed by atoms with Gasteiger partial charge in [0.2, 0.25) is 0 Å². The summed E-state index contributed by atoms with van der Waals surface area (Å²) >= 11 is 0. The van der Waals surface area contributed by atoms with Crippen molar-refractivity contribution < 1.29 is 9.90 Å². The van der Waals surface area contributed by atoms with E-state index in [2.05, 4.69) is 49.9 Å². The van der Waals surface area contributed by atoms with E-state index in [9.17, 15) is 9.90 Å². The smallest absolute Gasteiger partial charge is 0.320 e. The Labute approximate surface area is 157 Å². The topological polar surface area (TPSA) is 40.5 Å².